The number of hydrogen-bond acceptors (Lipinski definition) is 4. The lowest BCUT2D eigenvalue weighted by atomic mass is 10.0. The molecular weight excluding hydrogens is 406 g/mol. The molecule has 0 nitrogen and oxygen atoms in total. The Morgan fingerprint density at radius 2 is 0.846 bits per heavy atom. The van der Waals surface area contributed by atoms with Crippen molar-refractivity contribution in [1.82, 2.24) is 0 Å². The number of halogens is 2. The fraction of sp³-hybridized carbons (Fsp3) is 0.400. The van der Waals surface area contributed by atoms with E-state index in [-0.39, 0.29) is 19.8 Å². The molecule has 0 bridgehead atoms. The van der Waals surface area contributed by atoms with Crippen molar-refractivity contribution in [3.8, 4) is 0 Å². The second-order valence-electron chi connectivity index (χ2n) is 6.35. The monoisotopic (exact) mass is 426 g/mol. The zero-order chi connectivity index (χ0) is 18.0. The summed E-state index contributed by atoms with van der Waals surface area (Å²) in [5.74, 6) is 3.97. The molecular formula is C20H20F2S4. The average molecular weight is 427 g/mol. The molecule has 0 N–H and O–H groups in total. The normalized spacial score (nSPS) is 22.1. The van der Waals surface area contributed by atoms with Crippen molar-refractivity contribution < 1.29 is 8.78 Å². The maximum absolute atomic E-state index is 13.6. The molecule has 26 heavy (non-hydrogen) atoms. The molecule has 138 valence electrons. The number of hydrogen-bond donors (Lipinski definition) is 0. The van der Waals surface area contributed by atoms with Crippen molar-refractivity contribution in [1.29, 1.82) is 0 Å². The van der Waals surface area contributed by atoms with Gasteiger partial charge in [0.25, 0.3) is 0 Å². The third-order valence-corrected chi connectivity index (χ3v) is 12.4. The third kappa shape index (κ3) is 3.31. The van der Waals surface area contributed by atoms with Gasteiger partial charge in [0, 0.05) is 0 Å². The summed E-state index contributed by atoms with van der Waals surface area (Å²) in [6.07, 6.45) is 2.38. The highest BCUT2D eigenvalue weighted by molar-refractivity contribution is 8.24. The molecule has 0 radical (unpaired) electrons. The van der Waals surface area contributed by atoms with Gasteiger partial charge in [0.15, 0.2) is 0 Å². The van der Waals surface area contributed by atoms with Gasteiger partial charge < -0.3 is 0 Å². The maximum atomic E-state index is 13.6. The van der Waals surface area contributed by atoms with E-state index in [4.69, 9.17) is 0 Å². The topological polar surface area (TPSA) is 0 Å². The average Bonchev–Trinajstić information content (AvgIpc) is 2.70. The van der Waals surface area contributed by atoms with Gasteiger partial charge >= 0.3 is 0 Å². The molecule has 6 heteroatoms. The zero-order valence-corrected chi connectivity index (χ0v) is 17.5. The first-order chi connectivity index (χ1) is 12.7. The quantitative estimate of drug-likeness (QED) is 0.534. The minimum atomic E-state index is -0.202. The summed E-state index contributed by atoms with van der Waals surface area (Å²) >= 11 is 7.92. The first-order valence-electron chi connectivity index (χ1n) is 8.74. The molecule has 2 heterocycles. The number of thioether (sulfide) groups is 4. The van der Waals surface area contributed by atoms with Crippen molar-refractivity contribution >= 4 is 47.0 Å². The van der Waals surface area contributed by atoms with Crippen LogP contribution in [0.3, 0.4) is 0 Å². The second kappa shape index (κ2) is 7.98. The minimum Gasteiger partial charge on any atom is -0.207 e. The predicted molar refractivity (Wildman–Crippen MR) is 115 cm³/mol. The Bertz CT molecular complexity index is 668. The van der Waals surface area contributed by atoms with Crippen LogP contribution in [0.4, 0.5) is 8.78 Å². The Morgan fingerprint density at radius 3 is 1.15 bits per heavy atom. The van der Waals surface area contributed by atoms with E-state index in [1.807, 2.05) is 71.3 Å². The van der Waals surface area contributed by atoms with E-state index in [0.29, 0.717) is 0 Å². The van der Waals surface area contributed by atoms with Gasteiger partial charge in [-0.25, -0.2) is 8.78 Å². The van der Waals surface area contributed by atoms with Crippen molar-refractivity contribution in [2.24, 2.45) is 0 Å². The van der Waals surface area contributed by atoms with E-state index in [0.717, 1.165) is 23.0 Å². The Kier molecular flexibility index (Phi) is 5.84. The van der Waals surface area contributed by atoms with Crippen LogP contribution in [0.5, 0.6) is 0 Å². The van der Waals surface area contributed by atoms with E-state index in [9.17, 15) is 8.78 Å². The summed E-state index contributed by atoms with van der Waals surface area (Å²) in [5, 5.41) is 0. The number of benzene rings is 2. The van der Waals surface area contributed by atoms with Gasteiger partial charge in [-0.2, -0.15) is 0 Å². The van der Waals surface area contributed by atoms with Gasteiger partial charge in [0.2, 0.25) is 0 Å². The van der Waals surface area contributed by atoms with Crippen molar-refractivity contribution in [3.63, 3.8) is 0 Å². The molecule has 0 aromatic heterocycles. The van der Waals surface area contributed by atoms with Crippen molar-refractivity contribution in [2.45, 2.75) is 21.0 Å². The highest BCUT2D eigenvalue weighted by Crippen LogP contribution is 2.70. The lowest BCUT2D eigenvalue weighted by Crippen LogP contribution is -2.43. The van der Waals surface area contributed by atoms with Gasteiger partial charge in [-0.3, -0.25) is 0 Å². The van der Waals surface area contributed by atoms with Crippen molar-refractivity contribution in [3.05, 3.63) is 71.3 Å². The van der Waals surface area contributed by atoms with Gasteiger partial charge in [-0.05, 0) is 71.2 Å². The molecule has 2 aliphatic rings. The molecule has 2 aromatic rings. The Labute approximate surface area is 170 Å². The molecule has 2 saturated heterocycles. The van der Waals surface area contributed by atoms with Crippen LogP contribution in [0.25, 0.3) is 0 Å². The van der Waals surface area contributed by atoms with E-state index in [1.165, 1.54) is 24.0 Å². The van der Waals surface area contributed by atoms with Crippen LogP contribution in [0.15, 0.2) is 48.5 Å². The first kappa shape index (κ1) is 19.0. The summed E-state index contributed by atoms with van der Waals surface area (Å²) in [6.45, 7) is 0. The largest absolute Gasteiger partial charge is 0.207 e. The Hall–Kier alpha value is -0.300. The fourth-order valence-electron chi connectivity index (χ4n) is 3.50. The van der Waals surface area contributed by atoms with Crippen LogP contribution in [-0.2, 0) is 8.16 Å². The lowest BCUT2D eigenvalue weighted by Gasteiger charge is -2.52. The van der Waals surface area contributed by atoms with Crippen LogP contribution < -0.4 is 0 Å². The highest BCUT2D eigenvalue weighted by atomic mass is 32.2. The summed E-state index contributed by atoms with van der Waals surface area (Å²) in [5.41, 5.74) is 2.33. The van der Waals surface area contributed by atoms with Gasteiger partial charge in [-0.15, -0.1) is 47.0 Å². The molecule has 2 aliphatic heterocycles. The van der Waals surface area contributed by atoms with Crippen molar-refractivity contribution in [2.75, 3.05) is 23.0 Å². The van der Waals surface area contributed by atoms with Gasteiger partial charge in [0.1, 0.15) is 19.8 Å². The van der Waals surface area contributed by atoms with Crippen LogP contribution in [0.2, 0.25) is 0 Å². The van der Waals surface area contributed by atoms with E-state index in [2.05, 4.69) is 0 Å². The fourth-order valence-corrected chi connectivity index (χ4v) is 11.7. The third-order valence-electron chi connectivity index (χ3n) is 4.68. The SMILES string of the molecule is Fc1ccc(C2(C3(c4ccc(F)cc4)SCCCS3)SCCCS2)cc1. The molecule has 0 atom stereocenters. The Balaban J connectivity index is 1.89. The van der Waals surface area contributed by atoms with E-state index < -0.39 is 0 Å². The molecule has 0 spiro atoms. The maximum Gasteiger partial charge on any atom is 0.123 e. The zero-order valence-electron chi connectivity index (χ0n) is 14.3. The highest BCUT2D eigenvalue weighted by Gasteiger charge is 2.57. The molecule has 2 fully saturated rings. The second-order valence-corrected chi connectivity index (χ2v) is 12.1. The summed E-state index contributed by atoms with van der Waals surface area (Å²) in [7, 11) is 0. The van der Waals surface area contributed by atoms with E-state index >= 15 is 0 Å². The Morgan fingerprint density at radius 1 is 0.538 bits per heavy atom. The molecule has 0 unspecified atom stereocenters. The molecule has 0 aliphatic carbocycles. The standard InChI is InChI=1S/C20H20F2S4/c21-17-7-3-15(4-8-17)19(23-11-1-12-24-19)20(25-13-2-14-26-20)16-5-9-18(22)10-6-16/h3-10H,1-2,11-14H2. The molecule has 2 aromatic carbocycles. The molecule has 0 saturated carbocycles. The first-order valence-corrected chi connectivity index (χ1v) is 12.7. The number of rotatable bonds is 3. The molecule has 0 amide bonds. The van der Waals surface area contributed by atoms with Crippen LogP contribution in [0, 0.1) is 11.6 Å². The predicted octanol–water partition coefficient (Wildman–Crippen LogP) is 6.71. The van der Waals surface area contributed by atoms with Crippen LogP contribution >= 0.6 is 47.0 Å². The summed E-state index contributed by atoms with van der Waals surface area (Å²) in [4.78, 5) is 0. The van der Waals surface area contributed by atoms with E-state index in [1.54, 1.807) is 24.3 Å². The summed E-state index contributed by atoms with van der Waals surface area (Å²) in [6, 6.07) is 14.1. The smallest absolute Gasteiger partial charge is 0.123 e. The summed E-state index contributed by atoms with van der Waals surface area (Å²) < 4.78 is 26.8. The molecule has 4 rings (SSSR count). The van der Waals surface area contributed by atoms with Gasteiger partial charge in [-0.1, -0.05) is 24.3 Å². The lowest BCUT2D eigenvalue weighted by molar-refractivity contribution is 0.623. The van der Waals surface area contributed by atoms with Crippen LogP contribution in [0.1, 0.15) is 24.0 Å². The minimum absolute atomic E-state index is 0.200. The van der Waals surface area contributed by atoms with Gasteiger partial charge in [0.05, 0.1) is 0 Å². The van der Waals surface area contributed by atoms with Crippen LogP contribution in [-0.4, -0.2) is 23.0 Å².